The van der Waals surface area contributed by atoms with Crippen LogP contribution in [0.4, 0.5) is 0 Å². The molecule has 12 heavy (non-hydrogen) atoms. The number of hydrogen-bond donors (Lipinski definition) is 1. The molecule has 0 amide bonds. The van der Waals surface area contributed by atoms with Gasteiger partial charge in [0.25, 0.3) is 0 Å². The standard InChI is InChI=1S/C6H7NO.C4H10/c1-5-2-3-7-6(8)4-5;1-3-4-2/h2-4H,1H3,(H,7,8);3-4H2,1-2H3. The van der Waals surface area contributed by atoms with Crippen LogP contribution in [0.1, 0.15) is 32.3 Å². The largest absolute Gasteiger partial charge is 0.329 e. The summed E-state index contributed by atoms with van der Waals surface area (Å²) in [7, 11) is 0. The third kappa shape index (κ3) is 5.71. The van der Waals surface area contributed by atoms with Crippen molar-refractivity contribution in [2.75, 3.05) is 0 Å². The summed E-state index contributed by atoms with van der Waals surface area (Å²) in [5, 5.41) is 0. The highest BCUT2D eigenvalue weighted by Crippen LogP contribution is 1.84. The van der Waals surface area contributed by atoms with E-state index < -0.39 is 0 Å². The number of unbranched alkanes of at least 4 members (excludes halogenated alkanes) is 1. The zero-order chi connectivity index (χ0) is 9.40. The second kappa shape index (κ2) is 6.65. The zero-order valence-corrected chi connectivity index (χ0v) is 8.05. The van der Waals surface area contributed by atoms with Crippen molar-refractivity contribution in [3.63, 3.8) is 0 Å². The summed E-state index contributed by atoms with van der Waals surface area (Å²) in [5.74, 6) is 0. The Kier molecular flexibility index (Phi) is 6.07. The number of aromatic nitrogens is 1. The van der Waals surface area contributed by atoms with E-state index in [1.807, 2.05) is 13.0 Å². The van der Waals surface area contributed by atoms with Gasteiger partial charge in [0, 0.05) is 12.3 Å². The van der Waals surface area contributed by atoms with E-state index >= 15 is 0 Å². The van der Waals surface area contributed by atoms with Gasteiger partial charge < -0.3 is 4.98 Å². The Morgan fingerprint density at radius 3 is 2.17 bits per heavy atom. The number of pyridine rings is 1. The van der Waals surface area contributed by atoms with E-state index in [-0.39, 0.29) is 5.56 Å². The summed E-state index contributed by atoms with van der Waals surface area (Å²) in [5.41, 5.74) is 0.957. The van der Waals surface area contributed by atoms with Crippen molar-refractivity contribution in [3.8, 4) is 0 Å². The average molecular weight is 167 g/mol. The smallest absolute Gasteiger partial charge is 0.248 e. The van der Waals surface area contributed by atoms with Gasteiger partial charge in [-0.05, 0) is 18.6 Å². The molecule has 0 aromatic carbocycles. The summed E-state index contributed by atoms with van der Waals surface area (Å²) in [6, 6.07) is 3.40. The molecule has 2 nitrogen and oxygen atoms in total. The molecule has 0 aliphatic rings. The van der Waals surface area contributed by atoms with Crippen LogP contribution in [-0.2, 0) is 0 Å². The number of rotatable bonds is 1. The highest BCUT2D eigenvalue weighted by atomic mass is 16.1. The quantitative estimate of drug-likeness (QED) is 0.684. The number of aryl methyl sites for hydroxylation is 1. The van der Waals surface area contributed by atoms with Gasteiger partial charge >= 0.3 is 0 Å². The molecule has 1 heterocycles. The fourth-order valence-electron chi connectivity index (χ4n) is 0.552. The third-order valence-electron chi connectivity index (χ3n) is 1.43. The Morgan fingerprint density at radius 2 is 1.92 bits per heavy atom. The predicted octanol–water partition coefficient (Wildman–Crippen LogP) is 2.49. The van der Waals surface area contributed by atoms with E-state index in [1.54, 1.807) is 12.3 Å². The van der Waals surface area contributed by atoms with Gasteiger partial charge in [-0.3, -0.25) is 4.79 Å². The fraction of sp³-hybridized carbons (Fsp3) is 0.500. The maximum absolute atomic E-state index is 10.4. The van der Waals surface area contributed by atoms with Crippen LogP contribution < -0.4 is 5.56 Å². The van der Waals surface area contributed by atoms with Gasteiger partial charge in [-0.1, -0.05) is 26.7 Å². The van der Waals surface area contributed by atoms with E-state index in [1.165, 1.54) is 12.8 Å². The van der Waals surface area contributed by atoms with Crippen molar-refractivity contribution >= 4 is 0 Å². The maximum atomic E-state index is 10.4. The van der Waals surface area contributed by atoms with Gasteiger partial charge in [0.05, 0.1) is 0 Å². The molecule has 0 spiro atoms. The molecule has 0 radical (unpaired) electrons. The van der Waals surface area contributed by atoms with E-state index in [4.69, 9.17) is 0 Å². The molecular formula is C10H17NO. The lowest BCUT2D eigenvalue weighted by molar-refractivity contribution is 0.886. The first-order chi connectivity index (χ1) is 5.70. The van der Waals surface area contributed by atoms with E-state index in [0.717, 1.165) is 5.56 Å². The maximum Gasteiger partial charge on any atom is 0.248 e. The zero-order valence-electron chi connectivity index (χ0n) is 8.05. The Labute approximate surface area is 73.6 Å². The van der Waals surface area contributed by atoms with Crippen molar-refractivity contribution in [2.45, 2.75) is 33.6 Å². The van der Waals surface area contributed by atoms with Crippen molar-refractivity contribution in [2.24, 2.45) is 0 Å². The molecule has 1 aromatic heterocycles. The SMILES string of the molecule is CCCC.Cc1cc[nH]c(=O)c1. The molecule has 0 bridgehead atoms. The van der Waals surface area contributed by atoms with Gasteiger partial charge in [-0.15, -0.1) is 0 Å². The first-order valence-corrected chi connectivity index (χ1v) is 4.36. The summed E-state index contributed by atoms with van der Waals surface area (Å²) in [4.78, 5) is 13.0. The summed E-state index contributed by atoms with van der Waals surface area (Å²) in [6.45, 7) is 6.25. The number of nitrogens with one attached hydrogen (secondary N) is 1. The molecule has 0 saturated heterocycles. The molecule has 2 heteroatoms. The van der Waals surface area contributed by atoms with Crippen molar-refractivity contribution in [3.05, 3.63) is 34.2 Å². The van der Waals surface area contributed by atoms with Crippen LogP contribution in [0.5, 0.6) is 0 Å². The molecule has 0 fully saturated rings. The second-order valence-corrected chi connectivity index (χ2v) is 2.73. The molecular weight excluding hydrogens is 150 g/mol. The lowest BCUT2D eigenvalue weighted by Crippen LogP contribution is -2.01. The minimum absolute atomic E-state index is 0.0370. The van der Waals surface area contributed by atoms with E-state index in [0.29, 0.717) is 0 Å². The Balaban J connectivity index is 0.000000261. The number of hydrogen-bond acceptors (Lipinski definition) is 1. The first kappa shape index (κ1) is 11.0. The van der Waals surface area contributed by atoms with Crippen LogP contribution in [0.25, 0.3) is 0 Å². The van der Waals surface area contributed by atoms with Crippen molar-refractivity contribution < 1.29 is 0 Å². The van der Waals surface area contributed by atoms with Crippen LogP contribution in [-0.4, -0.2) is 4.98 Å². The summed E-state index contributed by atoms with van der Waals surface area (Å²) in [6.07, 6.45) is 4.28. The number of H-pyrrole nitrogens is 1. The molecule has 0 unspecified atom stereocenters. The molecule has 68 valence electrons. The molecule has 0 aliphatic heterocycles. The van der Waals surface area contributed by atoms with Crippen LogP contribution in [0.15, 0.2) is 23.1 Å². The van der Waals surface area contributed by atoms with Crippen LogP contribution in [0.3, 0.4) is 0 Å². The normalized spacial score (nSPS) is 8.58. The monoisotopic (exact) mass is 167 g/mol. The van der Waals surface area contributed by atoms with Gasteiger partial charge in [-0.25, -0.2) is 0 Å². The Hall–Kier alpha value is -1.05. The number of aromatic amines is 1. The minimum atomic E-state index is -0.0370. The van der Waals surface area contributed by atoms with Crippen molar-refractivity contribution in [1.82, 2.24) is 4.98 Å². The molecule has 1 aromatic rings. The highest BCUT2D eigenvalue weighted by molar-refractivity contribution is 5.06. The Morgan fingerprint density at radius 1 is 1.33 bits per heavy atom. The molecule has 1 rings (SSSR count). The topological polar surface area (TPSA) is 32.9 Å². The van der Waals surface area contributed by atoms with Crippen LogP contribution >= 0.6 is 0 Å². The van der Waals surface area contributed by atoms with E-state index in [2.05, 4.69) is 18.8 Å². The molecule has 0 saturated carbocycles. The lowest BCUT2D eigenvalue weighted by Gasteiger charge is -1.83. The average Bonchev–Trinajstić information content (AvgIpc) is 2.04. The van der Waals surface area contributed by atoms with E-state index in [9.17, 15) is 4.79 Å². The van der Waals surface area contributed by atoms with Crippen LogP contribution in [0, 0.1) is 6.92 Å². The summed E-state index contributed by atoms with van der Waals surface area (Å²) < 4.78 is 0. The third-order valence-corrected chi connectivity index (χ3v) is 1.43. The Bertz CT molecular complexity index is 250. The van der Waals surface area contributed by atoms with Gasteiger partial charge in [0.1, 0.15) is 0 Å². The fourth-order valence-corrected chi connectivity index (χ4v) is 0.552. The molecule has 1 N–H and O–H groups in total. The first-order valence-electron chi connectivity index (χ1n) is 4.36. The highest BCUT2D eigenvalue weighted by Gasteiger charge is 1.80. The van der Waals surface area contributed by atoms with Crippen molar-refractivity contribution in [1.29, 1.82) is 0 Å². The molecule has 0 aliphatic carbocycles. The predicted molar refractivity (Wildman–Crippen MR) is 52.4 cm³/mol. The van der Waals surface area contributed by atoms with Crippen LogP contribution in [0.2, 0.25) is 0 Å². The lowest BCUT2D eigenvalue weighted by atomic mass is 10.3. The second-order valence-electron chi connectivity index (χ2n) is 2.73. The minimum Gasteiger partial charge on any atom is -0.329 e. The summed E-state index contributed by atoms with van der Waals surface area (Å²) >= 11 is 0. The molecule has 0 atom stereocenters. The van der Waals surface area contributed by atoms with Gasteiger partial charge in [0.15, 0.2) is 0 Å². The van der Waals surface area contributed by atoms with Gasteiger partial charge in [0.2, 0.25) is 5.56 Å². The van der Waals surface area contributed by atoms with Gasteiger partial charge in [-0.2, -0.15) is 0 Å².